The van der Waals surface area contributed by atoms with Crippen LogP contribution in [0.15, 0.2) is 24.3 Å². The molecule has 0 heterocycles. The van der Waals surface area contributed by atoms with Gasteiger partial charge in [-0.25, -0.2) is 0 Å². The van der Waals surface area contributed by atoms with Gasteiger partial charge in [0.1, 0.15) is 5.75 Å². The first-order valence-electron chi connectivity index (χ1n) is 7.54. The highest BCUT2D eigenvalue weighted by molar-refractivity contribution is 5.33. The van der Waals surface area contributed by atoms with Crippen LogP contribution in [0.2, 0.25) is 0 Å². The van der Waals surface area contributed by atoms with Gasteiger partial charge < -0.3 is 9.84 Å². The molecule has 1 saturated carbocycles. The second-order valence-corrected chi connectivity index (χ2v) is 5.77. The highest BCUT2D eigenvalue weighted by Gasteiger charge is 2.26. The van der Waals surface area contributed by atoms with Crippen LogP contribution in [0.5, 0.6) is 5.75 Å². The molecule has 2 rings (SSSR count). The van der Waals surface area contributed by atoms with Crippen molar-refractivity contribution in [3.05, 3.63) is 29.8 Å². The van der Waals surface area contributed by atoms with Crippen LogP contribution in [0.4, 0.5) is 0 Å². The standard InChI is InChI=1S/C17H26O2/c1-3-13-8-10-14(11-9-13)16(18)12-15-6-4-5-7-17(15)19-2/h4-7,13-14,16,18H,3,8-12H2,1-2H3. The number of hydrogen-bond acceptors (Lipinski definition) is 2. The lowest BCUT2D eigenvalue weighted by atomic mass is 9.77. The molecule has 1 unspecified atom stereocenters. The lowest BCUT2D eigenvalue weighted by molar-refractivity contribution is 0.0730. The summed E-state index contributed by atoms with van der Waals surface area (Å²) in [6, 6.07) is 8.01. The summed E-state index contributed by atoms with van der Waals surface area (Å²) >= 11 is 0. The first-order chi connectivity index (χ1) is 9.24. The highest BCUT2D eigenvalue weighted by Crippen LogP contribution is 2.34. The molecule has 19 heavy (non-hydrogen) atoms. The number of hydrogen-bond donors (Lipinski definition) is 1. The minimum absolute atomic E-state index is 0.228. The Morgan fingerprint density at radius 2 is 1.89 bits per heavy atom. The van der Waals surface area contributed by atoms with Crippen LogP contribution in [0, 0.1) is 11.8 Å². The lowest BCUT2D eigenvalue weighted by Crippen LogP contribution is -2.27. The average molecular weight is 262 g/mol. The number of aliphatic hydroxyl groups is 1. The van der Waals surface area contributed by atoms with Crippen LogP contribution in [0.3, 0.4) is 0 Å². The molecule has 2 heteroatoms. The fraction of sp³-hybridized carbons (Fsp3) is 0.647. The van der Waals surface area contributed by atoms with Gasteiger partial charge in [0.25, 0.3) is 0 Å². The molecule has 0 spiro atoms. The molecule has 1 aliphatic carbocycles. The number of benzene rings is 1. The summed E-state index contributed by atoms with van der Waals surface area (Å²) in [5.41, 5.74) is 1.12. The maximum Gasteiger partial charge on any atom is 0.122 e. The van der Waals surface area contributed by atoms with E-state index in [1.165, 1.54) is 32.1 Å². The Bertz CT molecular complexity index is 381. The second kappa shape index (κ2) is 6.95. The molecule has 1 fully saturated rings. The number of aliphatic hydroxyl groups excluding tert-OH is 1. The fourth-order valence-corrected chi connectivity index (χ4v) is 3.24. The fourth-order valence-electron chi connectivity index (χ4n) is 3.24. The van der Waals surface area contributed by atoms with Crippen molar-refractivity contribution in [3.63, 3.8) is 0 Å². The van der Waals surface area contributed by atoms with E-state index >= 15 is 0 Å². The Labute approximate surface area is 116 Å². The maximum absolute atomic E-state index is 10.5. The topological polar surface area (TPSA) is 29.5 Å². The number of ether oxygens (including phenoxy) is 1. The predicted molar refractivity (Wildman–Crippen MR) is 78.4 cm³/mol. The van der Waals surface area contributed by atoms with E-state index in [1.54, 1.807) is 7.11 Å². The zero-order valence-corrected chi connectivity index (χ0v) is 12.1. The van der Waals surface area contributed by atoms with E-state index in [0.29, 0.717) is 12.3 Å². The van der Waals surface area contributed by atoms with Crippen molar-refractivity contribution in [1.29, 1.82) is 0 Å². The van der Waals surface area contributed by atoms with E-state index < -0.39 is 0 Å². The van der Waals surface area contributed by atoms with Gasteiger partial charge in [-0.2, -0.15) is 0 Å². The van der Waals surface area contributed by atoms with Crippen molar-refractivity contribution in [2.75, 3.05) is 7.11 Å². The van der Waals surface area contributed by atoms with E-state index in [9.17, 15) is 5.11 Å². The lowest BCUT2D eigenvalue weighted by Gasteiger charge is -2.31. The highest BCUT2D eigenvalue weighted by atomic mass is 16.5. The maximum atomic E-state index is 10.5. The molecule has 0 aliphatic heterocycles. The Hall–Kier alpha value is -1.02. The van der Waals surface area contributed by atoms with Gasteiger partial charge in [-0.05, 0) is 36.3 Å². The van der Waals surface area contributed by atoms with Gasteiger partial charge >= 0.3 is 0 Å². The summed E-state index contributed by atoms with van der Waals surface area (Å²) in [6.45, 7) is 2.27. The first-order valence-corrected chi connectivity index (χ1v) is 7.54. The Morgan fingerprint density at radius 1 is 1.21 bits per heavy atom. The monoisotopic (exact) mass is 262 g/mol. The van der Waals surface area contributed by atoms with Crippen molar-refractivity contribution in [2.45, 2.75) is 51.6 Å². The Kier molecular flexibility index (Phi) is 5.26. The third kappa shape index (κ3) is 3.73. The van der Waals surface area contributed by atoms with Crippen molar-refractivity contribution in [3.8, 4) is 5.75 Å². The Balaban J connectivity index is 1.92. The van der Waals surface area contributed by atoms with Crippen molar-refractivity contribution < 1.29 is 9.84 Å². The van der Waals surface area contributed by atoms with Gasteiger partial charge in [-0.15, -0.1) is 0 Å². The third-order valence-electron chi connectivity index (χ3n) is 4.63. The molecule has 1 aromatic rings. The molecule has 1 atom stereocenters. The van der Waals surface area contributed by atoms with Gasteiger partial charge in [0, 0.05) is 6.42 Å². The molecule has 2 nitrogen and oxygen atoms in total. The molecule has 1 aliphatic rings. The summed E-state index contributed by atoms with van der Waals surface area (Å²) in [6.07, 6.45) is 6.69. The van der Waals surface area contributed by atoms with Gasteiger partial charge in [0.15, 0.2) is 0 Å². The summed E-state index contributed by atoms with van der Waals surface area (Å²) in [7, 11) is 1.69. The van der Waals surface area contributed by atoms with Crippen LogP contribution < -0.4 is 4.74 Å². The second-order valence-electron chi connectivity index (χ2n) is 5.77. The van der Waals surface area contributed by atoms with E-state index in [4.69, 9.17) is 4.74 Å². The summed E-state index contributed by atoms with van der Waals surface area (Å²) in [4.78, 5) is 0. The molecule has 1 N–H and O–H groups in total. The minimum atomic E-state index is -0.228. The molecule has 0 radical (unpaired) electrons. The SMILES string of the molecule is CCC1CCC(C(O)Cc2ccccc2OC)CC1. The van der Waals surface area contributed by atoms with Gasteiger partial charge in [0.2, 0.25) is 0 Å². The van der Waals surface area contributed by atoms with Crippen LogP contribution in [-0.4, -0.2) is 18.3 Å². The normalized spacial score (nSPS) is 25.0. The molecule has 0 amide bonds. The molecule has 0 saturated heterocycles. The van der Waals surface area contributed by atoms with Gasteiger partial charge in [-0.1, -0.05) is 44.4 Å². The average Bonchev–Trinajstić information content (AvgIpc) is 2.48. The number of rotatable bonds is 5. The Morgan fingerprint density at radius 3 is 2.53 bits per heavy atom. The zero-order chi connectivity index (χ0) is 13.7. The van der Waals surface area contributed by atoms with Crippen molar-refractivity contribution in [2.24, 2.45) is 11.8 Å². The van der Waals surface area contributed by atoms with Gasteiger partial charge in [0.05, 0.1) is 13.2 Å². The smallest absolute Gasteiger partial charge is 0.122 e. The zero-order valence-electron chi connectivity index (χ0n) is 12.1. The summed E-state index contributed by atoms with van der Waals surface area (Å²) in [5, 5.41) is 10.5. The van der Waals surface area contributed by atoms with E-state index in [-0.39, 0.29) is 6.10 Å². The van der Waals surface area contributed by atoms with E-state index in [0.717, 1.165) is 17.2 Å². The number of para-hydroxylation sites is 1. The quantitative estimate of drug-likeness (QED) is 0.874. The molecule has 106 valence electrons. The molecular weight excluding hydrogens is 236 g/mol. The van der Waals surface area contributed by atoms with Crippen LogP contribution in [0.1, 0.15) is 44.6 Å². The molecule has 0 aromatic heterocycles. The predicted octanol–water partition coefficient (Wildman–Crippen LogP) is 3.82. The van der Waals surface area contributed by atoms with Crippen molar-refractivity contribution >= 4 is 0 Å². The third-order valence-corrected chi connectivity index (χ3v) is 4.63. The van der Waals surface area contributed by atoms with Crippen LogP contribution in [-0.2, 0) is 6.42 Å². The molecule has 1 aromatic carbocycles. The van der Waals surface area contributed by atoms with Crippen LogP contribution in [0.25, 0.3) is 0 Å². The van der Waals surface area contributed by atoms with Crippen LogP contribution >= 0.6 is 0 Å². The molecule has 0 bridgehead atoms. The van der Waals surface area contributed by atoms with E-state index in [1.807, 2.05) is 18.2 Å². The first kappa shape index (κ1) is 14.4. The minimum Gasteiger partial charge on any atom is -0.496 e. The molecular formula is C17H26O2. The van der Waals surface area contributed by atoms with E-state index in [2.05, 4.69) is 13.0 Å². The summed E-state index contributed by atoms with van der Waals surface area (Å²) in [5.74, 6) is 2.24. The largest absolute Gasteiger partial charge is 0.496 e. The summed E-state index contributed by atoms with van der Waals surface area (Å²) < 4.78 is 5.36. The van der Waals surface area contributed by atoms with Gasteiger partial charge in [-0.3, -0.25) is 0 Å². The van der Waals surface area contributed by atoms with Crippen molar-refractivity contribution in [1.82, 2.24) is 0 Å². The number of methoxy groups -OCH3 is 1.